The summed E-state index contributed by atoms with van der Waals surface area (Å²) < 4.78 is 0.807. The summed E-state index contributed by atoms with van der Waals surface area (Å²) in [6, 6.07) is 4.66. The lowest BCUT2D eigenvalue weighted by molar-refractivity contribution is -0.147. The molecule has 0 aliphatic carbocycles. The summed E-state index contributed by atoms with van der Waals surface area (Å²) >= 11 is 7.89. The van der Waals surface area contributed by atoms with Crippen LogP contribution in [-0.4, -0.2) is 23.7 Å². The molecule has 3 N–H and O–H groups in total. The van der Waals surface area contributed by atoms with Crippen molar-refractivity contribution in [1.82, 2.24) is 5.32 Å². The van der Waals surface area contributed by atoms with Crippen molar-refractivity contribution >= 4 is 51.9 Å². The quantitative estimate of drug-likeness (QED) is 0.649. The van der Waals surface area contributed by atoms with Crippen molar-refractivity contribution in [2.75, 3.05) is 11.9 Å². The number of urea groups is 1. The third-order valence-electron chi connectivity index (χ3n) is 3.12. The largest absolute Gasteiger partial charge is 0.481 e. The van der Waals surface area contributed by atoms with E-state index in [-0.39, 0.29) is 6.54 Å². The van der Waals surface area contributed by atoms with Gasteiger partial charge >= 0.3 is 12.0 Å². The van der Waals surface area contributed by atoms with Crippen LogP contribution >= 0.6 is 34.2 Å². The zero-order chi connectivity index (χ0) is 15.3. The Hall–Kier alpha value is -1.02. The monoisotopic (exact) mass is 410 g/mol. The Balaban J connectivity index is 2.62. The topological polar surface area (TPSA) is 78.4 Å². The van der Waals surface area contributed by atoms with Crippen LogP contribution in [0.25, 0.3) is 0 Å². The first kappa shape index (κ1) is 17.0. The van der Waals surface area contributed by atoms with Gasteiger partial charge in [-0.2, -0.15) is 0 Å². The Bertz CT molecular complexity index is 524. The Kier molecular flexibility index (Phi) is 6.07. The summed E-state index contributed by atoms with van der Waals surface area (Å²) in [5.74, 6) is -0.929. The van der Waals surface area contributed by atoms with E-state index in [4.69, 9.17) is 16.7 Å². The zero-order valence-corrected chi connectivity index (χ0v) is 14.1. The molecule has 7 heteroatoms. The Morgan fingerprint density at radius 1 is 1.45 bits per heavy atom. The molecular formula is C13H16ClIN2O3. The molecule has 1 rings (SSSR count). The van der Waals surface area contributed by atoms with Crippen molar-refractivity contribution in [3.8, 4) is 0 Å². The van der Waals surface area contributed by atoms with Crippen LogP contribution in [-0.2, 0) is 4.79 Å². The van der Waals surface area contributed by atoms with Crippen LogP contribution in [0.4, 0.5) is 10.5 Å². The second-order valence-electron chi connectivity index (χ2n) is 4.65. The van der Waals surface area contributed by atoms with E-state index in [0.29, 0.717) is 17.1 Å². The molecule has 0 saturated heterocycles. The van der Waals surface area contributed by atoms with Crippen LogP contribution in [0.15, 0.2) is 18.2 Å². The highest BCUT2D eigenvalue weighted by Crippen LogP contribution is 2.23. The van der Waals surface area contributed by atoms with Crippen molar-refractivity contribution in [3.05, 3.63) is 26.8 Å². The third kappa shape index (κ3) is 4.52. The first-order chi connectivity index (χ1) is 9.28. The van der Waals surface area contributed by atoms with E-state index in [0.717, 1.165) is 3.57 Å². The number of carbonyl (C=O) groups is 2. The predicted octanol–water partition coefficient (Wildman–Crippen LogP) is 3.57. The average Bonchev–Trinajstić information content (AvgIpc) is 2.39. The Morgan fingerprint density at radius 3 is 2.60 bits per heavy atom. The molecule has 0 fully saturated rings. The number of benzene rings is 1. The highest BCUT2D eigenvalue weighted by molar-refractivity contribution is 14.1. The summed E-state index contributed by atoms with van der Waals surface area (Å²) in [7, 11) is 0. The maximum absolute atomic E-state index is 11.8. The van der Waals surface area contributed by atoms with Gasteiger partial charge in [0, 0.05) is 15.1 Å². The molecule has 0 spiro atoms. The summed E-state index contributed by atoms with van der Waals surface area (Å²) in [6.07, 6.45) is 0.432. The molecule has 1 aromatic carbocycles. The highest BCUT2D eigenvalue weighted by Gasteiger charge is 2.31. The highest BCUT2D eigenvalue weighted by atomic mass is 127. The number of carboxylic acids is 1. The van der Waals surface area contributed by atoms with Crippen LogP contribution < -0.4 is 10.6 Å². The number of nitrogens with one attached hydrogen (secondary N) is 2. The van der Waals surface area contributed by atoms with E-state index in [9.17, 15) is 9.59 Å². The van der Waals surface area contributed by atoms with Gasteiger partial charge in [0.15, 0.2) is 0 Å². The van der Waals surface area contributed by atoms with Gasteiger partial charge in [-0.15, -0.1) is 0 Å². The fourth-order valence-electron chi connectivity index (χ4n) is 1.38. The molecule has 0 aliphatic rings. The SMILES string of the molecule is CCC(C)(CNC(=O)Nc1ccc(Cl)cc1I)C(=O)O. The van der Waals surface area contributed by atoms with Crippen LogP contribution in [0.3, 0.4) is 0 Å². The normalized spacial score (nSPS) is 13.4. The molecule has 1 atom stereocenters. The van der Waals surface area contributed by atoms with Gasteiger partial charge in [-0.1, -0.05) is 18.5 Å². The molecule has 1 aromatic rings. The molecule has 1 unspecified atom stereocenters. The fraction of sp³-hybridized carbons (Fsp3) is 0.385. The second-order valence-corrected chi connectivity index (χ2v) is 6.25. The standard InChI is InChI=1S/C13H16ClIN2O3/c1-3-13(2,11(18)19)7-16-12(20)17-10-5-4-8(14)6-9(10)15/h4-6H,3,7H2,1-2H3,(H,18,19)(H2,16,17,20). The van der Waals surface area contributed by atoms with Crippen LogP contribution in [0.2, 0.25) is 5.02 Å². The van der Waals surface area contributed by atoms with E-state index in [2.05, 4.69) is 33.2 Å². The minimum absolute atomic E-state index is 0.0643. The first-order valence-corrected chi connectivity index (χ1v) is 7.47. The number of hydrogen-bond acceptors (Lipinski definition) is 2. The summed E-state index contributed by atoms with van der Waals surface area (Å²) in [4.78, 5) is 22.9. The van der Waals surface area contributed by atoms with Crippen molar-refractivity contribution in [1.29, 1.82) is 0 Å². The lowest BCUT2D eigenvalue weighted by atomic mass is 9.88. The molecule has 0 aliphatic heterocycles. The maximum atomic E-state index is 11.8. The number of anilines is 1. The second kappa shape index (κ2) is 7.12. The van der Waals surface area contributed by atoms with Gasteiger partial charge in [-0.25, -0.2) is 4.79 Å². The molecule has 0 bridgehead atoms. The van der Waals surface area contributed by atoms with Crippen molar-refractivity contribution < 1.29 is 14.7 Å². The molecule has 0 saturated carbocycles. The van der Waals surface area contributed by atoms with E-state index >= 15 is 0 Å². The van der Waals surface area contributed by atoms with Crippen LogP contribution in [0.5, 0.6) is 0 Å². The number of rotatable bonds is 5. The molecule has 0 heterocycles. The van der Waals surface area contributed by atoms with E-state index in [1.54, 1.807) is 32.0 Å². The summed E-state index contributed by atoms with van der Waals surface area (Å²) in [5.41, 5.74) is -0.342. The lowest BCUT2D eigenvalue weighted by Gasteiger charge is -2.23. The predicted molar refractivity (Wildman–Crippen MR) is 87.2 cm³/mol. The minimum Gasteiger partial charge on any atom is -0.481 e. The van der Waals surface area contributed by atoms with Gasteiger partial charge in [0.05, 0.1) is 11.1 Å². The van der Waals surface area contributed by atoms with Crippen molar-refractivity contribution in [2.24, 2.45) is 5.41 Å². The molecule has 2 amide bonds. The van der Waals surface area contributed by atoms with Gasteiger partial charge in [-0.05, 0) is 54.1 Å². The molecule has 5 nitrogen and oxygen atoms in total. The van der Waals surface area contributed by atoms with Gasteiger partial charge in [0.2, 0.25) is 0 Å². The Labute approximate surface area is 136 Å². The van der Waals surface area contributed by atoms with Gasteiger partial charge in [0.25, 0.3) is 0 Å². The number of amides is 2. The first-order valence-electron chi connectivity index (χ1n) is 6.02. The summed E-state index contributed by atoms with van der Waals surface area (Å²) in [5, 5.41) is 15.0. The van der Waals surface area contributed by atoms with Crippen LogP contribution in [0.1, 0.15) is 20.3 Å². The smallest absolute Gasteiger partial charge is 0.319 e. The number of aliphatic carboxylic acids is 1. The molecule has 0 radical (unpaired) electrons. The molecule has 110 valence electrons. The molecule has 0 aromatic heterocycles. The van der Waals surface area contributed by atoms with Gasteiger partial charge in [-0.3, -0.25) is 4.79 Å². The summed E-state index contributed by atoms with van der Waals surface area (Å²) in [6.45, 7) is 3.44. The molecule has 20 heavy (non-hydrogen) atoms. The maximum Gasteiger partial charge on any atom is 0.319 e. The van der Waals surface area contributed by atoms with Crippen molar-refractivity contribution in [3.63, 3.8) is 0 Å². The van der Waals surface area contributed by atoms with E-state index in [1.807, 2.05) is 0 Å². The average molecular weight is 411 g/mol. The van der Waals surface area contributed by atoms with Gasteiger partial charge < -0.3 is 15.7 Å². The van der Waals surface area contributed by atoms with E-state index in [1.165, 1.54) is 0 Å². The van der Waals surface area contributed by atoms with E-state index < -0.39 is 17.4 Å². The van der Waals surface area contributed by atoms with Gasteiger partial charge in [0.1, 0.15) is 0 Å². The minimum atomic E-state index is -0.968. The van der Waals surface area contributed by atoms with Crippen molar-refractivity contribution in [2.45, 2.75) is 20.3 Å². The lowest BCUT2D eigenvalue weighted by Crippen LogP contribution is -2.42. The number of halogens is 2. The zero-order valence-electron chi connectivity index (χ0n) is 11.2. The van der Waals surface area contributed by atoms with Crippen LogP contribution in [0, 0.1) is 8.99 Å². The third-order valence-corrected chi connectivity index (χ3v) is 4.24. The Morgan fingerprint density at radius 2 is 2.10 bits per heavy atom. The fourth-order valence-corrected chi connectivity index (χ4v) is 2.39. The number of carbonyl (C=O) groups excluding carboxylic acids is 1. The number of carboxylic acid groups (broad SMARTS) is 1. The molecular weight excluding hydrogens is 395 g/mol. The number of hydrogen-bond donors (Lipinski definition) is 3.